The molecule has 0 radical (unpaired) electrons. The van der Waals surface area contributed by atoms with Gasteiger partial charge >= 0.3 is 0 Å². The predicted octanol–water partition coefficient (Wildman–Crippen LogP) is 1.65. The summed E-state index contributed by atoms with van der Waals surface area (Å²) in [5.74, 6) is 0. The molecular formula is C11H13N3O3. The molecule has 0 aliphatic carbocycles. The van der Waals surface area contributed by atoms with E-state index in [1.165, 1.54) is 18.2 Å². The van der Waals surface area contributed by atoms with Gasteiger partial charge in [0.15, 0.2) is 0 Å². The average molecular weight is 235 g/mol. The lowest BCUT2D eigenvalue weighted by molar-refractivity contribution is -0.384. The SMILES string of the molecule is CC(C)(CO)Nc1ccc([N+](=O)[O-])cc1C#N. The summed E-state index contributed by atoms with van der Waals surface area (Å²) < 4.78 is 0. The van der Waals surface area contributed by atoms with Crippen molar-refractivity contribution < 1.29 is 10.0 Å². The van der Waals surface area contributed by atoms with E-state index in [2.05, 4.69) is 5.32 Å². The zero-order chi connectivity index (χ0) is 13.1. The third-order valence-electron chi connectivity index (χ3n) is 2.20. The second-order valence-electron chi connectivity index (χ2n) is 4.27. The molecule has 17 heavy (non-hydrogen) atoms. The van der Waals surface area contributed by atoms with E-state index in [1.807, 2.05) is 6.07 Å². The van der Waals surface area contributed by atoms with Crippen LogP contribution in [-0.4, -0.2) is 22.2 Å². The van der Waals surface area contributed by atoms with E-state index < -0.39 is 10.5 Å². The van der Waals surface area contributed by atoms with Crippen LogP contribution >= 0.6 is 0 Å². The fourth-order valence-electron chi connectivity index (χ4n) is 1.25. The van der Waals surface area contributed by atoms with Crippen molar-refractivity contribution in [1.82, 2.24) is 0 Å². The molecule has 0 bridgehead atoms. The first-order chi connectivity index (χ1) is 7.89. The van der Waals surface area contributed by atoms with Crippen molar-refractivity contribution in [3.63, 3.8) is 0 Å². The number of non-ortho nitro benzene ring substituents is 1. The van der Waals surface area contributed by atoms with Crippen molar-refractivity contribution in [2.24, 2.45) is 0 Å². The number of nitro groups is 1. The lowest BCUT2D eigenvalue weighted by atomic mass is 10.0. The number of rotatable bonds is 4. The molecule has 0 atom stereocenters. The molecule has 1 rings (SSSR count). The van der Waals surface area contributed by atoms with Crippen LogP contribution in [0.3, 0.4) is 0 Å². The maximum absolute atomic E-state index is 10.6. The van der Waals surface area contributed by atoms with Crippen LogP contribution in [0.5, 0.6) is 0 Å². The third kappa shape index (κ3) is 3.16. The monoisotopic (exact) mass is 235 g/mol. The molecule has 6 heteroatoms. The molecular weight excluding hydrogens is 222 g/mol. The Bertz CT molecular complexity index is 477. The fourth-order valence-corrected chi connectivity index (χ4v) is 1.25. The Morgan fingerprint density at radius 3 is 2.71 bits per heavy atom. The first kappa shape index (κ1) is 12.9. The summed E-state index contributed by atoms with van der Waals surface area (Å²) in [4.78, 5) is 10.0. The minimum atomic E-state index is -0.596. The number of nitrogens with one attached hydrogen (secondary N) is 1. The predicted molar refractivity (Wildman–Crippen MR) is 62.6 cm³/mol. The topological polar surface area (TPSA) is 99.2 Å². The van der Waals surface area contributed by atoms with E-state index in [4.69, 9.17) is 10.4 Å². The van der Waals surface area contributed by atoms with Crippen LogP contribution < -0.4 is 5.32 Å². The molecule has 1 aromatic rings. The number of nitro benzene ring substituents is 1. The number of nitrogens with zero attached hydrogens (tertiary/aromatic N) is 2. The molecule has 0 aliphatic heterocycles. The number of aliphatic hydroxyl groups is 1. The van der Waals surface area contributed by atoms with Gasteiger partial charge in [0.2, 0.25) is 0 Å². The Balaban J connectivity index is 3.11. The highest BCUT2D eigenvalue weighted by Gasteiger charge is 2.19. The summed E-state index contributed by atoms with van der Waals surface area (Å²) in [7, 11) is 0. The zero-order valence-electron chi connectivity index (χ0n) is 9.60. The molecule has 0 amide bonds. The van der Waals surface area contributed by atoms with Gasteiger partial charge in [-0.15, -0.1) is 0 Å². The molecule has 0 heterocycles. The van der Waals surface area contributed by atoms with Gasteiger partial charge in [-0.2, -0.15) is 5.26 Å². The van der Waals surface area contributed by atoms with Gasteiger partial charge in [0.1, 0.15) is 6.07 Å². The van der Waals surface area contributed by atoms with Gasteiger partial charge in [0, 0.05) is 12.1 Å². The maximum atomic E-state index is 10.6. The van der Waals surface area contributed by atoms with E-state index in [1.54, 1.807) is 13.8 Å². The highest BCUT2D eigenvalue weighted by Crippen LogP contribution is 2.24. The molecule has 2 N–H and O–H groups in total. The number of hydrogen-bond acceptors (Lipinski definition) is 5. The van der Waals surface area contributed by atoms with Crippen LogP contribution in [0, 0.1) is 21.4 Å². The second kappa shape index (κ2) is 4.80. The first-order valence-corrected chi connectivity index (χ1v) is 4.97. The van der Waals surface area contributed by atoms with E-state index in [9.17, 15) is 10.1 Å². The van der Waals surface area contributed by atoms with Crippen LogP contribution in [0.15, 0.2) is 18.2 Å². The number of aliphatic hydroxyl groups excluding tert-OH is 1. The van der Waals surface area contributed by atoms with Crippen molar-refractivity contribution >= 4 is 11.4 Å². The van der Waals surface area contributed by atoms with Crippen molar-refractivity contribution in [2.75, 3.05) is 11.9 Å². The quantitative estimate of drug-likeness (QED) is 0.610. The normalized spacial score (nSPS) is 10.7. The van der Waals surface area contributed by atoms with Crippen LogP contribution in [0.1, 0.15) is 19.4 Å². The summed E-state index contributed by atoms with van der Waals surface area (Å²) >= 11 is 0. The van der Waals surface area contributed by atoms with Crippen molar-refractivity contribution in [3.05, 3.63) is 33.9 Å². The van der Waals surface area contributed by atoms with Crippen LogP contribution in [-0.2, 0) is 0 Å². The Morgan fingerprint density at radius 1 is 1.59 bits per heavy atom. The van der Waals surface area contributed by atoms with Gasteiger partial charge in [-0.05, 0) is 19.9 Å². The Hall–Kier alpha value is -2.13. The number of hydrogen-bond donors (Lipinski definition) is 2. The molecule has 0 spiro atoms. The van der Waals surface area contributed by atoms with Gasteiger partial charge in [0.05, 0.1) is 28.3 Å². The summed E-state index contributed by atoms with van der Waals surface area (Å²) in [6, 6.07) is 5.88. The summed E-state index contributed by atoms with van der Waals surface area (Å²) in [6.07, 6.45) is 0. The molecule has 90 valence electrons. The summed E-state index contributed by atoms with van der Waals surface area (Å²) in [5, 5.41) is 31.5. The lowest BCUT2D eigenvalue weighted by Crippen LogP contribution is -2.35. The molecule has 0 aromatic heterocycles. The average Bonchev–Trinajstić information content (AvgIpc) is 2.29. The third-order valence-corrected chi connectivity index (χ3v) is 2.20. The number of nitriles is 1. The Labute approximate surface area is 98.6 Å². The summed E-state index contributed by atoms with van der Waals surface area (Å²) in [5.41, 5.74) is -0.0753. The van der Waals surface area contributed by atoms with Crippen LogP contribution in [0.4, 0.5) is 11.4 Å². The molecule has 0 saturated carbocycles. The van der Waals surface area contributed by atoms with Gasteiger partial charge in [-0.25, -0.2) is 0 Å². The minimum absolute atomic E-state index is 0.116. The van der Waals surface area contributed by atoms with Crippen molar-refractivity contribution in [2.45, 2.75) is 19.4 Å². The highest BCUT2D eigenvalue weighted by atomic mass is 16.6. The maximum Gasteiger partial charge on any atom is 0.270 e. The fraction of sp³-hybridized carbons (Fsp3) is 0.364. The van der Waals surface area contributed by atoms with Gasteiger partial charge in [-0.3, -0.25) is 10.1 Å². The highest BCUT2D eigenvalue weighted by molar-refractivity contribution is 5.62. The van der Waals surface area contributed by atoms with Crippen LogP contribution in [0.25, 0.3) is 0 Å². The molecule has 0 fully saturated rings. The van der Waals surface area contributed by atoms with Gasteiger partial charge < -0.3 is 10.4 Å². The van der Waals surface area contributed by atoms with Gasteiger partial charge in [-0.1, -0.05) is 0 Å². The summed E-state index contributed by atoms with van der Waals surface area (Å²) in [6.45, 7) is 3.40. The minimum Gasteiger partial charge on any atom is -0.394 e. The Kier molecular flexibility index (Phi) is 3.66. The molecule has 1 aromatic carbocycles. The van der Waals surface area contributed by atoms with E-state index in [0.717, 1.165) is 0 Å². The molecule has 0 aliphatic rings. The smallest absolute Gasteiger partial charge is 0.270 e. The largest absolute Gasteiger partial charge is 0.394 e. The van der Waals surface area contributed by atoms with Crippen molar-refractivity contribution in [3.8, 4) is 6.07 Å². The van der Waals surface area contributed by atoms with E-state index in [-0.39, 0.29) is 17.9 Å². The van der Waals surface area contributed by atoms with E-state index in [0.29, 0.717) is 5.69 Å². The lowest BCUT2D eigenvalue weighted by Gasteiger charge is -2.25. The second-order valence-corrected chi connectivity index (χ2v) is 4.27. The number of anilines is 1. The Morgan fingerprint density at radius 2 is 2.24 bits per heavy atom. The molecule has 0 unspecified atom stereocenters. The van der Waals surface area contributed by atoms with Crippen LogP contribution in [0.2, 0.25) is 0 Å². The van der Waals surface area contributed by atoms with Crippen molar-refractivity contribution in [1.29, 1.82) is 5.26 Å². The molecule has 6 nitrogen and oxygen atoms in total. The number of benzene rings is 1. The molecule has 0 saturated heterocycles. The standard InChI is InChI=1S/C11H13N3O3/c1-11(2,7-15)13-10-4-3-9(14(16)17)5-8(10)6-12/h3-5,13,15H,7H2,1-2H3. The van der Waals surface area contributed by atoms with E-state index >= 15 is 0 Å². The first-order valence-electron chi connectivity index (χ1n) is 4.97. The van der Waals surface area contributed by atoms with Gasteiger partial charge in [0.25, 0.3) is 5.69 Å². The zero-order valence-corrected chi connectivity index (χ0v) is 9.60.